The number of aliphatic hydroxyl groups is 1. The topological polar surface area (TPSA) is 62.7 Å². The molecule has 1 unspecified atom stereocenters. The lowest BCUT2D eigenvalue weighted by Crippen LogP contribution is -2.37. The Morgan fingerprint density at radius 1 is 1.33 bits per heavy atom. The van der Waals surface area contributed by atoms with Crippen molar-refractivity contribution in [1.29, 1.82) is 0 Å². The van der Waals surface area contributed by atoms with E-state index in [-0.39, 0.29) is 23.7 Å². The quantitative estimate of drug-likeness (QED) is 0.666. The van der Waals surface area contributed by atoms with Crippen molar-refractivity contribution in [2.75, 3.05) is 11.7 Å². The van der Waals surface area contributed by atoms with Gasteiger partial charge < -0.3 is 5.11 Å². The number of ketones is 1. The Kier molecular flexibility index (Phi) is 4.59. The van der Waals surface area contributed by atoms with Crippen LogP contribution in [0.1, 0.15) is 18.5 Å². The molecular weight excluding hydrogens is 391 g/mol. The van der Waals surface area contributed by atoms with E-state index < -0.39 is 11.9 Å². The molecule has 138 valence electrons. The Hall–Kier alpha value is -2.48. The molecular formula is C19H14ClFN2O3S. The number of nitrogens with zero attached hydrogens (tertiary/aromatic N) is 2. The van der Waals surface area contributed by atoms with Crippen LogP contribution >= 0.6 is 22.9 Å². The number of anilines is 1. The van der Waals surface area contributed by atoms with Gasteiger partial charge in [0.25, 0.3) is 0 Å². The second-order valence-corrected chi connectivity index (χ2v) is 7.52. The summed E-state index contributed by atoms with van der Waals surface area (Å²) in [6.07, 6.45) is 0. The average Bonchev–Trinajstić information content (AvgIpc) is 3.04. The lowest BCUT2D eigenvalue weighted by atomic mass is 9.94. The third kappa shape index (κ3) is 3.29. The Morgan fingerprint density at radius 3 is 2.78 bits per heavy atom. The van der Waals surface area contributed by atoms with Crippen LogP contribution in [-0.4, -0.2) is 22.5 Å². The molecule has 1 aliphatic rings. The van der Waals surface area contributed by atoms with Crippen LogP contribution in [0.15, 0.2) is 53.8 Å². The van der Waals surface area contributed by atoms with Gasteiger partial charge in [-0.2, -0.15) is 0 Å². The first-order chi connectivity index (χ1) is 12.9. The summed E-state index contributed by atoms with van der Waals surface area (Å²) < 4.78 is 14.3. The van der Waals surface area contributed by atoms with Gasteiger partial charge >= 0.3 is 0 Å². The molecule has 0 fully saturated rings. The summed E-state index contributed by atoms with van der Waals surface area (Å²) in [7, 11) is 0. The van der Waals surface area contributed by atoms with Crippen LogP contribution in [0.4, 0.5) is 9.52 Å². The second kappa shape index (κ2) is 6.92. The fraction of sp³-hybridized carbons (Fsp3) is 0.158. The molecule has 0 saturated carbocycles. The molecule has 0 aliphatic carbocycles. The van der Waals surface area contributed by atoms with Crippen molar-refractivity contribution < 1.29 is 19.1 Å². The molecule has 0 bridgehead atoms. The summed E-state index contributed by atoms with van der Waals surface area (Å²) in [4.78, 5) is 22.5. The first-order valence-electron chi connectivity index (χ1n) is 8.10. The fourth-order valence-electron chi connectivity index (χ4n) is 3.05. The van der Waals surface area contributed by atoms with Crippen molar-refractivity contribution in [1.82, 2.24) is 4.98 Å². The molecule has 0 radical (unpaired) electrons. The summed E-state index contributed by atoms with van der Waals surface area (Å²) in [6, 6.07) is 10.3. The number of hydrogen-bond donors (Lipinski definition) is 1. The Balaban J connectivity index is 1.86. The van der Waals surface area contributed by atoms with Gasteiger partial charge in [0.05, 0.1) is 15.8 Å². The summed E-state index contributed by atoms with van der Waals surface area (Å²) in [5.41, 5.74) is 1.54. The Labute approximate surface area is 163 Å². The molecule has 1 atom stereocenters. The number of halogens is 2. The zero-order valence-corrected chi connectivity index (χ0v) is 15.7. The maximum atomic E-state index is 13.4. The van der Waals surface area contributed by atoms with Crippen molar-refractivity contribution in [3.05, 3.63) is 70.2 Å². The largest absolute Gasteiger partial charge is 0.509 e. The predicted octanol–water partition coefficient (Wildman–Crippen LogP) is 4.98. The van der Waals surface area contributed by atoms with Gasteiger partial charge in [0, 0.05) is 5.02 Å². The van der Waals surface area contributed by atoms with Crippen molar-refractivity contribution in [2.24, 2.45) is 0 Å². The molecule has 8 heteroatoms. The van der Waals surface area contributed by atoms with E-state index in [1.165, 1.54) is 35.5 Å². The standard InChI is InChI=1S/C19H14ClFN2O3S/c1-10(24)17-15(25)9-26-23(18(17)11-2-5-13(21)6-3-11)19-22-14-7-4-12(20)8-16(14)27-19/h2-8,18,25H,9H2,1H3. The van der Waals surface area contributed by atoms with Crippen LogP contribution in [0, 0.1) is 5.82 Å². The number of carbonyl (C=O) groups excluding carboxylic acids is 1. The Bertz CT molecular complexity index is 1060. The van der Waals surface area contributed by atoms with E-state index in [0.29, 0.717) is 15.7 Å². The fourth-order valence-corrected chi connectivity index (χ4v) is 4.28. The van der Waals surface area contributed by atoms with Crippen LogP contribution < -0.4 is 5.06 Å². The second-order valence-electron chi connectivity index (χ2n) is 6.08. The molecule has 27 heavy (non-hydrogen) atoms. The van der Waals surface area contributed by atoms with Crippen LogP contribution in [0.25, 0.3) is 10.2 Å². The molecule has 1 N–H and O–H groups in total. The van der Waals surface area contributed by atoms with E-state index in [1.54, 1.807) is 30.3 Å². The number of aromatic nitrogens is 1. The van der Waals surface area contributed by atoms with Crippen molar-refractivity contribution in [3.63, 3.8) is 0 Å². The van der Waals surface area contributed by atoms with Crippen LogP contribution in [-0.2, 0) is 9.63 Å². The third-order valence-electron chi connectivity index (χ3n) is 4.25. The molecule has 1 aliphatic heterocycles. The summed E-state index contributed by atoms with van der Waals surface area (Å²) in [6.45, 7) is 1.23. The highest BCUT2D eigenvalue weighted by Crippen LogP contribution is 2.41. The molecule has 4 rings (SSSR count). The molecule has 1 aromatic heterocycles. The minimum atomic E-state index is -0.743. The molecule has 0 spiro atoms. The first kappa shape index (κ1) is 17.9. The minimum Gasteiger partial charge on any atom is -0.509 e. The number of hydroxylamine groups is 1. The number of carbonyl (C=O) groups is 1. The summed E-state index contributed by atoms with van der Waals surface area (Å²) in [5, 5.41) is 12.9. The molecule has 0 saturated heterocycles. The van der Waals surface area contributed by atoms with Gasteiger partial charge in [-0.3, -0.25) is 9.63 Å². The highest BCUT2D eigenvalue weighted by atomic mass is 35.5. The zero-order valence-electron chi connectivity index (χ0n) is 14.1. The molecule has 5 nitrogen and oxygen atoms in total. The van der Waals surface area contributed by atoms with Crippen LogP contribution in [0.5, 0.6) is 0 Å². The molecule has 3 aromatic rings. The normalized spacial score (nSPS) is 17.6. The zero-order chi connectivity index (χ0) is 19.1. The number of rotatable bonds is 3. The van der Waals surface area contributed by atoms with Gasteiger partial charge in [-0.15, -0.1) is 0 Å². The first-order valence-corrected chi connectivity index (χ1v) is 9.30. The Morgan fingerprint density at radius 2 is 2.07 bits per heavy atom. The molecule has 0 amide bonds. The van der Waals surface area contributed by atoms with Gasteiger partial charge in [0.1, 0.15) is 24.2 Å². The summed E-state index contributed by atoms with van der Waals surface area (Å²) >= 11 is 7.40. The minimum absolute atomic E-state index is 0.141. The van der Waals surface area contributed by atoms with E-state index >= 15 is 0 Å². The van der Waals surface area contributed by atoms with Gasteiger partial charge in [-0.25, -0.2) is 14.4 Å². The third-order valence-corrected chi connectivity index (χ3v) is 5.49. The van der Waals surface area contributed by atoms with Crippen molar-refractivity contribution in [2.45, 2.75) is 13.0 Å². The summed E-state index contributed by atoms with van der Waals surface area (Å²) in [5.74, 6) is -0.828. The highest BCUT2D eigenvalue weighted by Gasteiger charge is 2.36. The van der Waals surface area contributed by atoms with E-state index in [9.17, 15) is 14.3 Å². The van der Waals surface area contributed by atoms with Crippen molar-refractivity contribution >= 4 is 44.1 Å². The average molecular weight is 405 g/mol. The lowest BCUT2D eigenvalue weighted by Gasteiger charge is -2.35. The van der Waals surface area contributed by atoms with Gasteiger partial charge in [-0.05, 0) is 42.8 Å². The highest BCUT2D eigenvalue weighted by molar-refractivity contribution is 7.22. The number of Topliss-reactive ketones (excluding diaryl/α,β-unsaturated/α-hetero) is 1. The number of hydrogen-bond acceptors (Lipinski definition) is 6. The van der Waals surface area contributed by atoms with Crippen LogP contribution in [0.2, 0.25) is 5.02 Å². The van der Waals surface area contributed by atoms with Crippen molar-refractivity contribution in [3.8, 4) is 0 Å². The van der Waals surface area contributed by atoms with Gasteiger partial charge in [0.2, 0.25) is 5.13 Å². The van der Waals surface area contributed by atoms with E-state index in [4.69, 9.17) is 16.4 Å². The van der Waals surface area contributed by atoms with Gasteiger partial charge in [-0.1, -0.05) is 35.1 Å². The smallest absolute Gasteiger partial charge is 0.211 e. The van der Waals surface area contributed by atoms with Gasteiger partial charge in [0.15, 0.2) is 5.78 Å². The molecule has 2 heterocycles. The monoisotopic (exact) mass is 404 g/mol. The number of thiazole rings is 1. The van der Waals surface area contributed by atoms with E-state index in [2.05, 4.69) is 4.98 Å². The number of benzene rings is 2. The number of aliphatic hydroxyl groups excluding tert-OH is 1. The van der Waals surface area contributed by atoms with E-state index in [1.807, 2.05) is 0 Å². The molecule has 2 aromatic carbocycles. The van der Waals surface area contributed by atoms with E-state index in [0.717, 1.165) is 10.2 Å². The lowest BCUT2D eigenvalue weighted by molar-refractivity contribution is -0.114. The SMILES string of the molecule is CC(=O)C1=C(O)CON(c2nc3ccc(Cl)cc3s2)C1c1ccc(F)cc1. The number of fused-ring (bicyclic) bond motifs is 1. The van der Waals surface area contributed by atoms with Crippen LogP contribution in [0.3, 0.4) is 0 Å². The maximum Gasteiger partial charge on any atom is 0.211 e. The maximum absolute atomic E-state index is 13.4. The predicted molar refractivity (Wildman–Crippen MR) is 103 cm³/mol.